The summed E-state index contributed by atoms with van der Waals surface area (Å²) in [7, 11) is 0. The Morgan fingerprint density at radius 2 is 1.58 bits per heavy atom. The minimum absolute atomic E-state index is 0.122. The van der Waals surface area contributed by atoms with Crippen molar-refractivity contribution in [2.45, 2.75) is 0 Å². The summed E-state index contributed by atoms with van der Waals surface area (Å²) in [6.07, 6.45) is 0. The van der Waals surface area contributed by atoms with Crippen molar-refractivity contribution in [2.24, 2.45) is 0 Å². The van der Waals surface area contributed by atoms with Crippen molar-refractivity contribution in [3.05, 3.63) is 83.9 Å². The molecule has 6 nitrogen and oxygen atoms in total. The SMILES string of the molecule is Nc1cc(C(=O)O)ccc1Nc1ccc(OC(=O)c2ccccc2)cc1. The third-order valence-corrected chi connectivity index (χ3v) is 3.65. The lowest BCUT2D eigenvalue weighted by atomic mass is 10.1. The van der Waals surface area contributed by atoms with Gasteiger partial charge in [-0.1, -0.05) is 18.2 Å². The molecule has 0 bridgehead atoms. The van der Waals surface area contributed by atoms with Crippen LogP contribution in [0, 0.1) is 0 Å². The van der Waals surface area contributed by atoms with Crippen LogP contribution < -0.4 is 15.8 Å². The molecule has 4 N–H and O–H groups in total. The molecule has 130 valence electrons. The van der Waals surface area contributed by atoms with Crippen LogP contribution in [0.15, 0.2) is 72.8 Å². The molecule has 26 heavy (non-hydrogen) atoms. The number of hydrogen-bond acceptors (Lipinski definition) is 5. The zero-order chi connectivity index (χ0) is 18.5. The standard InChI is InChI=1S/C20H16N2O4/c21-17-12-14(19(23)24)6-11-18(17)22-15-7-9-16(10-8-15)26-20(25)13-4-2-1-3-5-13/h1-12,22H,21H2,(H,23,24). The van der Waals surface area contributed by atoms with Gasteiger partial charge >= 0.3 is 11.9 Å². The molecule has 0 amide bonds. The average Bonchev–Trinajstić information content (AvgIpc) is 2.65. The van der Waals surface area contributed by atoms with E-state index in [0.717, 1.165) is 5.69 Å². The van der Waals surface area contributed by atoms with Crippen molar-refractivity contribution in [3.63, 3.8) is 0 Å². The van der Waals surface area contributed by atoms with Crippen LogP contribution in [0.4, 0.5) is 17.1 Å². The van der Waals surface area contributed by atoms with Gasteiger partial charge in [-0.15, -0.1) is 0 Å². The predicted octanol–water partition coefficient (Wildman–Crippen LogP) is 3.93. The van der Waals surface area contributed by atoms with Gasteiger partial charge in [0.25, 0.3) is 0 Å². The zero-order valence-corrected chi connectivity index (χ0v) is 13.7. The third kappa shape index (κ3) is 3.99. The Morgan fingerprint density at radius 3 is 2.19 bits per heavy atom. The average molecular weight is 348 g/mol. The van der Waals surface area contributed by atoms with Gasteiger partial charge in [-0.25, -0.2) is 9.59 Å². The quantitative estimate of drug-likeness (QED) is 0.367. The fourth-order valence-corrected chi connectivity index (χ4v) is 2.31. The molecule has 6 heteroatoms. The molecule has 3 aromatic carbocycles. The smallest absolute Gasteiger partial charge is 0.343 e. The van der Waals surface area contributed by atoms with E-state index < -0.39 is 11.9 Å². The summed E-state index contributed by atoms with van der Waals surface area (Å²) in [5.41, 5.74) is 8.10. The second kappa shape index (κ2) is 7.40. The molecule has 0 atom stereocenters. The monoisotopic (exact) mass is 348 g/mol. The van der Waals surface area contributed by atoms with Crippen LogP contribution >= 0.6 is 0 Å². The maximum absolute atomic E-state index is 12.0. The largest absolute Gasteiger partial charge is 0.478 e. The summed E-state index contributed by atoms with van der Waals surface area (Å²) in [6.45, 7) is 0. The van der Waals surface area contributed by atoms with Gasteiger partial charge < -0.3 is 20.9 Å². The molecule has 0 fully saturated rings. The van der Waals surface area contributed by atoms with Gasteiger partial charge in [-0.05, 0) is 54.6 Å². The lowest BCUT2D eigenvalue weighted by Gasteiger charge is -2.11. The van der Waals surface area contributed by atoms with E-state index in [1.54, 1.807) is 54.6 Å². The highest BCUT2D eigenvalue weighted by Crippen LogP contribution is 2.26. The van der Waals surface area contributed by atoms with Crippen molar-refractivity contribution in [1.29, 1.82) is 0 Å². The summed E-state index contributed by atoms with van der Waals surface area (Å²) < 4.78 is 5.31. The predicted molar refractivity (Wildman–Crippen MR) is 98.9 cm³/mol. The molecule has 0 heterocycles. The number of nitrogens with one attached hydrogen (secondary N) is 1. The van der Waals surface area contributed by atoms with E-state index in [1.807, 2.05) is 6.07 Å². The van der Waals surface area contributed by atoms with Crippen LogP contribution in [-0.4, -0.2) is 17.0 Å². The zero-order valence-electron chi connectivity index (χ0n) is 13.7. The van der Waals surface area contributed by atoms with E-state index in [2.05, 4.69) is 5.32 Å². The molecular formula is C20H16N2O4. The van der Waals surface area contributed by atoms with Crippen LogP contribution in [-0.2, 0) is 0 Å². The molecular weight excluding hydrogens is 332 g/mol. The van der Waals surface area contributed by atoms with Gasteiger partial charge in [-0.2, -0.15) is 0 Å². The Balaban J connectivity index is 1.68. The van der Waals surface area contributed by atoms with Crippen molar-refractivity contribution in [1.82, 2.24) is 0 Å². The number of anilines is 3. The minimum atomic E-state index is -1.03. The van der Waals surface area contributed by atoms with Crippen LogP contribution in [0.3, 0.4) is 0 Å². The van der Waals surface area contributed by atoms with Gasteiger partial charge in [-0.3, -0.25) is 0 Å². The van der Waals surface area contributed by atoms with Crippen molar-refractivity contribution < 1.29 is 19.4 Å². The molecule has 0 saturated carbocycles. The van der Waals surface area contributed by atoms with Crippen LogP contribution in [0.25, 0.3) is 0 Å². The number of benzene rings is 3. The first-order chi connectivity index (χ1) is 12.5. The van der Waals surface area contributed by atoms with Gasteiger partial charge in [0, 0.05) is 5.69 Å². The number of nitrogens with two attached hydrogens (primary N) is 1. The highest BCUT2D eigenvalue weighted by molar-refractivity contribution is 5.91. The number of hydrogen-bond donors (Lipinski definition) is 3. The van der Waals surface area contributed by atoms with Crippen molar-refractivity contribution in [3.8, 4) is 5.75 Å². The molecule has 3 aromatic rings. The maximum atomic E-state index is 12.0. The van der Waals surface area contributed by atoms with E-state index in [9.17, 15) is 9.59 Å². The number of esters is 1. The van der Waals surface area contributed by atoms with E-state index >= 15 is 0 Å². The Hall–Kier alpha value is -3.80. The Labute approximate surface area is 149 Å². The first kappa shape index (κ1) is 17.0. The molecule has 0 aromatic heterocycles. The molecule has 0 aliphatic heterocycles. The fourth-order valence-electron chi connectivity index (χ4n) is 2.31. The number of carbonyl (C=O) groups is 2. The minimum Gasteiger partial charge on any atom is -0.478 e. The molecule has 3 rings (SSSR count). The Bertz CT molecular complexity index is 938. The lowest BCUT2D eigenvalue weighted by Crippen LogP contribution is -2.08. The van der Waals surface area contributed by atoms with Gasteiger partial charge in [0.1, 0.15) is 5.75 Å². The summed E-state index contributed by atoms with van der Waals surface area (Å²) in [5.74, 6) is -1.05. The van der Waals surface area contributed by atoms with E-state index in [-0.39, 0.29) is 5.56 Å². The number of aromatic carboxylic acids is 1. The first-order valence-electron chi connectivity index (χ1n) is 7.80. The normalized spacial score (nSPS) is 10.2. The molecule has 0 radical (unpaired) electrons. The summed E-state index contributed by atoms with van der Waals surface area (Å²) in [5, 5.41) is 12.0. The van der Waals surface area contributed by atoms with Gasteiger partial charge in [0.15, 0.2) is 0 Å². The highest BCUT2D eigenvalue weighted by atomic mass is 16.5. The first-order valence-corrected chi connectivity index (χ1v) is 7.80. The van der Waals surface area contributed by atoms with Crippen LogP contribution in [0.1, 0.15) is 20.7 Å². The molecule has 0 aliphatic carbocycles. The van der Waals surface area contributed by atoms with Crippen molar-refractivity contribution in [2.75, 3.05) is 11.1 Å². The fraction of sp³-hybridized carbons (Fsp3) is 0. The summed E-state index contributed by atoms with van der Waals surface area (Å²) in [4.78, 5) is 23.0. The second-order valence-corrected chi connectivity index (χ2v) is 5.51. The number of ether oxygens (including phenoxy) is 1. The topological polar surface area (TPSA) is 102 Å². The Morgan fingerprint density at radius 1 is 0.885 bits per heavy atom. The molecule has 0 unspecified atom stereocenters. The number of carbonyl (C=O) groups excluding carboxylic acids is 1. The number of rotatable bonds is 5. The van der Waals surface area contributed by atoms with E-state index in [4.69, 9.17) is 15.6 Å². The Kier molecular flexibility index (Phi) is 4.85. The van der Waals surface area contributed by atoms with Crippen LogP contribution in [0.2, 0.25) is 0 Å². The van der Waals surface area contributed by atoms with Gasteiger partial charge in [0.05, 0.1) is 22.5 Å². The molecule has 0 spiro atoms. The van der Waals surface area contributed by atoms with E-state index in [0.29, 0.717) is 22.7 Å². The lowest BCUT2D eigenvalue weighted by molar-refractivity contribution is 0.0694. The second-order valence-electron chi connectivity index (χ2n) is 5.51. The number of carboxylic acids is 1. The third-order valence-electron chi connectivity index (χ3n) is 3.65. The van der Waals surface area contributed by atoms with E-state index in [1.165, 1.54) is 12.1 Å². The van der Waals surface area contributed by atoms with Gasteiger partial charge in [0.2, 0.25) is 0 Å². The summed E-state index contributed by atoms with van der Waals surface area (Å²) in [6, 6.07) is 20.0. The van der Waals surface area contributed by atoms with Crippen LogP contribution in [0.5, 0.6) is 5.75 Å². The summed E-state index contributed by atoms with van der Waals surface area (Å²) >= 11 is 0. The molecule has 0 aliphatic rings. The maximum Gasteiger partial charge on any atom is 0.343 e. The highest BCUT2D eigenvalue weighted by Gasteiger charge is 2.09. The number of nitrogen functional groups attached to an aromatic ring is 1. The molecule has 0 saturated heterocycles. The number of carboxylic acid groups (broad SMARTS) is 1. The van der Waals surface area contributed by atoms with Crippen molar-refractivity contribution >= 4 is 29.0 Å².